The van der Waals surface area contributed by atoms with Gasteiger partial charge in [0, 0.05) is 21.6 Å². The van der Waals surface area contributed by atoms with E-state index in [2.05, 4.69) is 42.5 Å². The first-order chi connectivity index (χ1) is 10.8. The molecule has 0 N–H and O–H groups in total. The smallest absolute Gasteiger partial charge is 0.150 e. The molecule has 0 radical (unpaired) electrons. The van der Waals surface area contributed by atoms with Gasteiger partial charge in [-0.25, -0.2) is 0 Å². The van der Waals surface area contributed by atoms with Gasteiger partial charge in [-0.1, -0.05) is 60.7 Å². The summed E-state index contributed by atoms with van der Waals surface area (Å²) < 4.78 is 1.33. The molecule has 22 heavy (non-hydrogen) atoms. The van der Waals surface area contributed by atoms with Crippen molar-refractivity contribution >= 4 is 38.5 Å². The Bertz CT molecular complexity index is 981. The van der Waals surface area contributed by atoms with Gasteiger partial charge in [0.1, 0.15) is 6.29 Å². The number of hydrogen-bond donors (Lipinski definition) is 0. The Morgan fingerprint density at radius 2 is 1.64 bits per heavy atom. The summed E-state index contributed by atoms with van der Waals surface area (Å²) in [5.74, 6) is 0. The van der Waals surface area contributed by atoms with Crippen LogP contribution >= 0.6 is 11.3 Å². The molecule has 1 nitrogen and oxygen atoms in total. The van der Waals surface area contributed by atoms with Crippen LogP contribution in [0, 0.1) is 0 Å². The first kappa shape index (κ1) is 13.2. The van der Waals surface area contributed by atoms with Crippen molar-refractivity contribution in [1.82, 2.24) is 0 Å². The molecule has 4 aromatic rings. The lowest BCUT2D eigenvalue weighted by molar-refractivity contribution is 0.112. The van der Waals surface area contributed by atoms with Crippen LogP contribution in [0.2, 0.25) is 0 Å². The lowest BCUT2D eigenvalue weighted by atomic mass is 10.0. The van der Waals surface area contributed by atoms with Crippen LogP contribution in [0.3, 0.4) is 0 Å². The molecule has 0 saturated heterocycles. The summed E-state index contributed by atoms with van der Waals surface area (Å²) in [6, 6.07) is 22.9. The summed E-state index contributed by atoms with van der Waals surface area (Å²) in [6.07, 6.45) is 1.75. The van der Waals surface area contributed by atoms with Crippen LogP contribution in [0.5, 0.6) is 0 Å². The zero-order chi connectivity index (χ0) is 14.9. The van der Waals surface area contributed by atoms with Crippen LogP contribution in [0.15, 0.2) is 66.7 Å². The van der Waals surface area contributed by atoms with Gasteiger partial charge in [-0.05, 0) is 27.8 Å². The van der Waals surface area contributed by atoms with Gasteiger partial charge in [-0.2, -0.15) is 0 Å². The molecule has 0 bridgehead atoms. The van der Waals surface area contributed by atoms with Gasteiger partial charge >= 0.3 is 0 Å². The van der Waals surface area contributed by atoms with E-state index in [0.29, 0.717) is 0 Å². The maximum Gasteiger partial charge on any atom is 0.150 e. The molecular weight excluding hydrogens is 288 g/mol. The minimum atomic E-state index is 0.782. The maximum atomic E-state index is 11.2. The first-order valence-electron chi connectivity index (χ1n) is 7.28. The third kappa shape index (κ3) is 2.22. The third-order valence-corrected chi connectivity index (χ3v) is 5.19. The number of rotatable bonds is 3. The van der Waals surface area contributed by atoms with Gasteiger partial charge in [-0.15, -0.1) is 11.3 Å². The topological polar surface area (TPSA) is 17.1 Å². The fraction of sp³-hybridized carbons (Fsp3) is 0.0500. The van der Waals surface area contributed by atoms with Crippen molar-refractivity contribution in [3.8, 4) is 0 Å². The second kappa shape index (κ2) is 5.39. The number of hydrogen-bond acceptors (Lipinski definition) is 2. The van der Waals surface area contributed by atoms with E-state index in [1.165, 1.54) is 25.7 Å². The summed E-state index contributed by atoms with van der Waals surface area (Å²) in [6.45, 7) is 0. The summed E-state index contributed by atoms with van der Waals surface area (Å²) in [5, 5.41) is 3.86. The molecule has 106 valence electrons. The van der Waals surface area contributed by atoms with Crippen LogP contribution in [0.1, 0.15) is 20.8 Å². The standard InChI is InChI=1S/C20H14OS/c21-13-17-7-2-1-6-15(17)11-18-12-16-10-9-14-5-3-4-8-19(14)20(16)22-18/h1-10,12-13H,11H2. The molecule has 0 amide bonds. The monoisotopic (exact) mass is 302 g/mol. The average molecular weight is 302 g/mol. The molecule has 0 aliphatic rings. The molecule has 0 atom stereocenters. The van der Waals surface area contributed by atoms with E-state index in [9.17, 15) is 4.79 Å². The van der Waals surface area contributed by atoms with E-state index in [0.717, 1.165) is 23.8 Å². The van der Waals surface area contributed by atoms with Gasteiger partial charge in [0.25, 0.3) is 0 Å². The molecular formula is C20H14OS. The maximum absolute atomic E-state index is 11.2. The van der Waals surface area contributed by atoms with Crippen LogP contribution in [-0.2, 0) is 6.42 Å². The number of carbonyl (C=O) groups is 1. The van der Waals surface area contributed by atoms with Crippen molar-refractivity contribution in [1.29, 1.82) is 0 Å². The largest absolute Gasteiger partial charge is 0.298 e. The van der Waals surface area contributed by atoms with Crippen LogP contribution in [0.25, 0.3) is 20.9 Å². The highest BCUT2D eigenvalue weighted by Crippen LogP contribution is 2.33. The highest BCUT2D eigenvalue weighted by atomic mass is 32.1. The predicted octanol–water partition coefficient (Wildman–Crippen LogP) is 5.46. The lowest BCUT2D eigenvalue weighted by Gasteiger charge is -2.01. The van der Waals surface area contributed by atoms with Gasteiger partial charge in [0.15, 0.2) is 0 Å². The van der Waals surface area contributed by atoms with Crippen molar-refractivity contribution in [3.63, 3.8) is 0 Å². The highest BCUT2D eigenvalue weighted by Gasteiger charge is 2.08. The summed E-state index contributed by atoms with van der Waals surface area (Å²) >= 11 is 1.82. The molecule has 0 fully saturated rings. The van der Waals surface area contributed by atoms with Gasteiger partial charge in [-0.3, -0.25) is 4.79 Å². The molecule has 2 heteroatoms. The molecule has 0 spiro atoms. The Morgan fingerprint density at radius 1 is 0.864 bits per heavy atom. The minimum Gasteiger partial charge on any atom is -0.298 e. The highest BCUT2D eigenvalue weighted by molar-refractivity contribution is 7.20. The average Bonchev–Trinajstić information content (AvgIpc) is 2.98. The Balaban J connectivity index is 1.83. The number of thiophene rings is 1. The lowest BCUT2D eigenvalue weighted by Crippen LogP contribution is -1.91. The molecule has 1 heterocycles. The SMILES string of the molecule is O=Cc1ccccc1Cc1cc2ccc3ccccc3c2s1. The van der Waals surface area contributed by atoms with E-state index in [1.54, 1.807) is 0 Å². The van der Waals surface area contributed by atoms with E-state index in [-0.39, 0.29) is 0 Å². The fourth-order valence-electron chi connectivity index (χ4n) is 2.91. The molecule has 4 rings (SSSR count). The summed E-state index contributed by atoms with van der Waals surface area (Å²) in [7, 11) is 0. The molecule has 3 aromatic carbocycles. The Morgan fingerprint density at radius 3 is 2.55 bits per heavy atom. The summed E-state index contributed by atoms with van der Waals surface area (Å²) in [5.41, 5.74) is 1.87. The predicted molar refractivity (Wildman–Crippen MR) is 94.0 cm³/mol. The van der Waals surface area contributed by atoms with Crippen molar-refractivity contribution in [2.75, 3.05) is 0 Å². The molecule has 0 aliphatic carbocycles. The number of benzene rings is 3. The molecule has 0 aliphatic heterocycles. The number of fused-ring (bicyclic) bond motifs is 3. The molecule has 0 unspecified atom stereocenters. The van der Waals surface area contributed by atoms with E-state index >= 15 is 0 Å². The van der Waals surface area contributed by atoms with Crippen LogP contribution < -0.4 is 0 Å². The Hall–Kier alpha value is -2.45. The van der Waals surface area contributed by atoms with Gasteiger partial charge in [0.05, 0.1) is 0 Å². The zero-order valence-electron chi connectivity index (χ0n) is 12.0. The molecule has 0 saturated carbocycles. The van der Waals surface area contributed by atoms with Crippen molar-refractivity contribution in [3.05, 3.63) is 82.7 Å². The quantitative estimate of drug-likeness (QED) is 0.459. The van der Waals surface area contributed by atoms with E-state index in [1.807, 2.05) is 35.6 Å². The fourth-order valence-corrected chi connectivity index (χ4v) is 4.12. The zero-order valence-corrected chi connectivity index (χ0v) is 12.8. The first-order valence-corrected chi connectivity index (χ1v) is 8.10. The van der Waals surface area contributed by atoms with Crippen LogP contribution in [-0.4, -0.2) is 6.29 Å². The Kier molecular flexibility index (Phi) is 3.24. The van der Waals surface area contributed by atoms with E-state index in [4.69, 9.17) is 0 Å². The van der Waals surface area contributed by atoms with E-state index < -0.39 is 0 Å². The second-order valence-corrected chi connectivity index (χ2v) is 6.55. The third-order valence-electron chi connectivity index (χ3n) is 4.01. The second-order valence-electron chi connectivity index (χ2n) is 5.41. The summed E-state index contributed by atoms with van der Waals surface area (Å²) in [4.78, 5) is 12.5. The Labute approximate surface area is 132 Å². The molecule has 1 aromatic heterocycles. The van der Waals surface area contributed by atoms with Crippen molar-refractivity contribution in [2.45, 2.75) is 6.42 Å². The minimum absolute atomic E-state index is 0.782. The number of aldehydes is 1. The van der Waals surface area contributed by atoms with Gasteiger partial charge < -0.3 is 0 Å². The van der Waals surface area contributed by atoms with Crippen molar-refractivity contribution < 1.29 is 4.79 Å². The number of carbonyl (C=O) groups excluding carboxylic acids is 1. The van der Waals surface area contributed by atoms with Crippen molar-refractivity contribution in [2.24, 2.45) is 0 Å². The van der Waals surface area contributed by atoms with Crippen LogP contribution in [0.4, 0.5) is 0 Å². The normalized spacial score (nSPS) is 11.1. The van der Waals surface area contributed by atoms with Gasteiger partial charge in [0.2, 0.25) is 0 Å².